The highest BCUT2D eigenvalue weighted by atomic mass is 16.5. The molecule has 1 heterocycles. The van der Waals surface area contributed by atoms with Crippen molar-refractivity contribution in [3.63, 3.8) is 0 Å². The normalized spacial score (nSPS) is 10.9. The van der Waals surface area contributed by atoms with Crippen LogP contribution in [-0.2, 0) is 17.9 Å². The number of nitrogens with one attached hydrogen (secondary N) is 1. The van der Waals surface area contributed by atoms with Crippen LogP contribution in [0.25, 0.3) is 0 Å². The standard InChI is InChI=1S/C15H21N3O/c1-12(2)18-10-13(9-17-18)8-16-15-7-5-4-6-14(15)11-19-3/h4-7,9-10,12,16H,8,11H2,1-3H3. The van der Waals surface area contributed by atoms with Crippen LogP contribution in [-0.4, -0.2) is 16.9 Å². The predicted molar refractivity (Wildman–Crippen MR) is 77.1 cm³/mol. The van der Waals surface area contributed by atoms with Crippen LogP contribution in [0.4, 0.5) is 5.69 Å². The Bertz CT molecular complexity index is 520. The molecule has 0 radical (unpaired) electrons. The number of ether oxygens (including phenoxy) is 1. The second kappa shape index (κ2) is 6.38. The molecule has 1 N–H and O–H groups in total. The molecule has 0 aliphatic heterocycles. The molecule has 19 heavy (non-hydrogen) atoms. The maximum Gasteiger partial charge on any atom is 0.0733 e. The van der Waals surface area contributed by atoms with Gasteiger partial charge >= 0.3 is 0 Å². The van der Waals surface area contributed by atoms with Crippen molar-refractivity contribution in [3.05, 3.63) is 47.8 Å². The Balaban J connectivity index is 2.01. The SMILES string of the molecule is COCc1ccccc1NCc1cnn(C(C)C)c1. The molecular formula is C15H21N3O. The summed E-state index contributed by atoms with van der Waals surface area (Å²) in [5.74, 6) is 0. The summed E-state index contributed by atoms with van der Waals surface area (Å²) in [6, 6.07) is 8.59. The molecule has 0 bridgehead atoms. The molecule has 0 fully saturated rings. The van der Waals surface area contributed by atoms with Gasteiger partial charge in [-0.15, -0.1) is 0 Å². The Morgan fingerprint density at radius 3 is 2.79 bits per heavy atom. The van der Waals surface area contributed by atoms with E-state index in [9.17, 15) is 0 Å². The van der Waals surface area contributed by atoms with Crippen molar-refractivity contribution in [3.8, 4) is 0 Å². The van der Waals surface area contributed by atoms with E-state index in [1.54, 1.807) is 7.11 Å². The molecule has 0 aliphatic carbocycles. The number of nitrogens with zero attached hydrogens (tertiary/aromatic N) is 2. The van der Waals surface area contributed by atoms with Crippen LogP contribution in [0.15, 0.2) is 36.7 Å². The van der Waals surface area contributed by atoms with E-state index in [0.717, 1.165) is 12.2 Å². The Kier molecular flexibility index (Phi) is 4.58. The Morgan fingerprint density at radius 1 is 1.32 bits per heavy atom. The summed E-state index contributed by atoms with van der Waals surface area (Å²) < 4.78 is 7.17. The highest BCUT2D eigenvalue weighted by Gasteiger charge is 2.04. The van der Waals surface area contributed by atoms with Crippen molar-refractivity contribution in [2.45, 2.75) is 33.0 Å². The van der Waals surface area contributed by atoms with Crippen LogP contribution < -0.4 is 5.32 Å². The highest BCUT2D eigenvalue weighted by molar-refractivity contribution is 5.51. The first-order valence-electron chi connectivity index (χ1n) is 6.54. The van der Waals surface area contributed by atoms with Crippen LogP contribution in [0.5, 0.6) is 0 Å². The predicted octanol–water partition coefficient (Wildman–Crippen LogP) is 3.22. The summed E-state index contributed by atoms with van der Waals surface area (Å²) in [6.07, 6.45) is 3.99. The second-order valence-corrected chi connectivity index (χ2v) is 4.87. The van der Waals surface area contributed by atoms with Gasteiger partial charge in [-0.1, -0.05) is 18.2 Å². The summed E-state index contributed by atoms with van der Waals surface area (Å²) in [7, 11) is 1.71. The number of aromatic nitrogens is 2. The first-order chi connectivity index (χ1) is 9.20. The zero-order chi connectivity index (χ0) is 13.7. The first kappa shape index (κ1) is 13.6. The molecule has 0 aliphatic rings. The largest absolute Gasteiger partial charge is 0.381 e. The van der Waals surface area contributed by atoms with Crippen LogP contribution in [0.1, 0.15) is 31.0 Å². The lowest BCUT2D eigenvalue weighted by Crippen LogP contribution is -2.03. The van der Waals surface area contributed by atoms with Gasteiger partial charge in [-0.05, 0) is 19.9 Å². The summed E-state index contributed by atoms with van der Waals surface area (Å²) in [5, 5.41) is 7.77. The third kappa shape index (κ3) is 3.58. The van der Waals surface area contributed by atoms with Crippen molar-refractivity contribution in [1.29, 1.82) is 0 Å². The molecule has 2 aromatic rings. The van der Waals surface area contributed by atoms with E-state index in [2.05, 4.69) is 42.6 Å². The van der Waals surface area contributed by atoms with Crippen LogP contribution in [0.2, 0.25) is 0 Å². The van der Waals surface area contributed by atoms with E-state index in [1.807, 2.05) is 23.0 Å². The zero-order valence-corrected chi connectivity index (χ0v) is 11.8. The molecule has 0 spiro atoms. The maximum absolute atomic E-state index is 5.20. The molecular weight excluding hydrogens is 238 g/mol. The quantitative estimate of drug-likeness (QED) is 0.865. The van der Waals surface area contributed by atoms with E-state index in [-0.39, 0.29) is 0 Å². The third-order valence-corrected chi connectivity index (χ3v) is 2.98. The molecule has 0 amide bonds. The topological polar surface area (TPSA) is 39.1 Å². The minimum absolute atomic E-state index is 0.398. The minimum Gasteiger partial charge on any atom is -0.381 e. The van der Waals surface area contributed by atoms with Crippen molar-refractivity contribution >= 4 is 5.69 Å². The monoisotopic (exact) mass is 259 g/mol. The van der Waals surface area contributed by atoms with Gasteiger partial charge in [-0.2, -0.15) is 5.10 Å². The van der Waals surface area contributed by atoms with Crippen LogP contribution in [0, 0.1) is 0 Å². The fraction of sp³-hybridized carbons (Fsp3) is 0.400. The number of anilines is 1. The van der Waals surface area contributed by atoms with Gasteiger partial charge in [-0.3, -0.25) is 4.68 Å². The van der Waals surface area contributed by atoms with E-state index in [1.165, 1.54) is 11.1 Å². The third-order valence-electron chi connectivity index (χ3n) is 2.98. The molecule has 4 heteroatoms. The number of para-hydroxylation sites is 1. The number of rotatable bonds is 6. The zero-order valence-electron chi connectivity index (χ0n) is 11.8. The summed E-state index contributed by atoms with van der Waals surface area (Å²) in [5.41, 5.74) is 3.46. The number of methoxy groups -OCH3 is 1. The summed E-state index contributed by atoms with van der Waals surface area (Å²) in [6.45, 7) is 5.64. The van der Waals surface area contributed by atoms with E-state index in [0.29, 0.717) is 12.6 Å². The average Bonchev–Trinajstić information content (AvgIpc) is 2.87. The molecule has 1 aromatic carbocycles. The molecule has 2 rings (SSSR count). The molecule has 102 valence electrons. The van der Waals surface area contributed by atoms with Crippen molar-refractivity contribution in [2.75, 3.05) is 12.4 Å². The Hall–Kier alpha value is -1.81. The van der Waals surface area contributed by atoms with Crippen LogP contribution >= 0.6 is 0 Å². The maximum atomic E-state index is 5.20. The molecule has 0 saturated carbocycles. The van der Waals surface area contributed by atoms with E-state index in [4.69, 9.17) is 4.74 Å². The lowest BCUT2D eigenvalue weighted by atomic mass is 10.2. The van der Waals surface area contributed by atoms with Gasteiger partial charge < -0.3 is 10.1 Å². The number of hydrogen-bond acceptors (Lipinski definition) is 3. The van der Waals surface area contributed by atoms with Gasteiger partial charge in [0.1, 0.15) is 0 Å². The molecule has 0 saturated heterocycles. The fourth-order valence-electron chi connectivity index (χ4n) is 1.92. The second-order valence-electron chi connectivity index (χ2n) is 4.87. The summed E-state index contributed by atoms with van der Waals surface area (Å²) >= 11 is 0. The smallest absolute Gasteiger partial charge is 0.0733 e. The van der Waals surface area contributed by atoms with Crippen LogP contribution in [0.3, 0.4) is 0 Å². The molecule has 4 nitrogen and oxygen atoms in total. The Labute approximate surface area is 114 Å². The lowest BCUT2D eigenvalue weighted by Gasteiger charge is -2.10. The molecule has 0 atom stereocenters. The van der Waals surface area contributed by atoms with Gasteiger partial charge in [0.25, 0.3) is 0 Å². The Morgan fingerprint density at radius 2 is 2.11 bits per heavy atom. The van der Waals surface area contributed by atoms with Crippen molar-refractivity contribution < 1.29 is 4.74 Å². The lowest BCUT2D eigenvalue weighted by molar-refractivity contribution is 0.185. The van der Waals surface area contributed by atoms with Gasteiger partial charge in [0.15, 0.2) is 0 Å². The molecule has 1 aromatic heterocycles. The first-order valence-corrected chi connectivity index (χ1v) is 6.54. The number of hydrogen-bond donors (Lipinski definition) is 1. The van der Waals surface area contributed by atoms with Crippen molar-refractivity contribution in [2.24, 2.45) is 0 Å². The number of benzene rings is 1. The van der Waals surface area contributed by atoms with E-state index < -0.39 is 0 Å². The fourth-order valence-corrected chi connectivity index (χ4v) is 1.92. The van der Waals surface area contributed by atoms with Gasteiger partial charge in [0.2, 0.25) is 0 Å². The van der Waals surface area contributed by atoms with Gasteiger partial charge in [0, 0.05) is 42.7 Å². The van der Waals surface area contributed by atoms with Gasteiger partial charge in [-0.25, -0.2) is 0 Å². The molecule has 0 unspecified atom stereocenters. The van der Waals surface area contributed by atoms with E-state index >= 15 is 0 Å². The minimum atomic E-state index is 0.398. The van der Waals surface area contributed by atoms with Crippen molar-refractivity contribution in [1.82, 2.24) is 9.78 Å². The highest BCUT2D eigenvalue weighted by Crippen LogP contribution is 2.17. The average molecular weight is 259 g/mol. The summed E-state index contributed by atoms with van der Waals surface area (Å²) in [4.78, 5) is 0. The van der Waals surface area contributed by atoms with Gasteiger partial charge in [0.05, 0.1) is 12.8 Å².